The predicted molar refractivity (Wildman–Crippen MR) is 80.2 cm³/mol. The summed E-state index contributed by atoms with van der Waals surface area (Å²) in [7, 11) is 0. The molecule has 7 heteroatoms. The van der Waals surface area contributed by atoms with Crippen molar-refractivity contribution in [2.75, 3.05) is 18.8 Å². The van der Waals surface area contributed by atoms with Gasteiger partial charge < -0.3 is 11.5 Å². The maximum absolute atomic E-state index is 10.8. The van der Waals surface area contributed by atoms with E-state index in [4.69, 9.17) is 11.5 Å². The number of carbonyl (C=O) groups excluding carboxylic acids is 1. The van der Waals surface area contributed by atoms with Gasteiger partial charge in [0.25, 0.3) is 0 Å². The topological polar surface area (TPSA) is 85.2 Å². The van der Waals surface area contributed by atoms with Crippen LogP contribution in [-0.4, -0.2) is 28.9 Å². The van der Waals surface area contributed by atoms with Crippen LogP contribution in [0.15, 0.2) is 6.20 Å². The monoisotopic (exact) mass is 304 g/mol. The molecule has 1 aromatic rings. The smallest absolute Gasteiger partial charge is 0.217 e. The molecule has 1 aliphatic heterocycles. The van der Waals surface area contributed by atoms with E-state index in [9.17, 15) is 4.79 Å². The number of primary amides is 1. The van der Waals surface area contributed by atoms with E-state index in [1.165, 1.54) is 17.7 Å². The molecule has 1 aromatic heterocycles. The first-order chi connectivity index (χ1) is 8.63. The Morgan fingerprint density at radius 3 is 3.00 bits per heavy atom. The fourth-order valence-corrected chi connectivity index (χ4v) is 3.22. The quantitative estimate of drug-likeness (QED) is 0.865. The van der Waals surface area contributed by atoms with Crippen LogP contribution in [0, 0.1) is 5.92 Å². The number of rotatable bonds is 5. The van der Waals surface area contributed by atoms with E-state index in [0.29, 0.717) is 17.5 Å². The lowest BCUT2D eigenvalue weighted by Crippen LogP contribution is -2.35. The minimum atomic E-state index is -0.192. The average Bonchev–Trinajstić information content (AvgIpc) is 2.73. The Kier molecular flexibility index (Phi) is 6.54. The maximum Gasteiger partial charge on any atom is 0.217 e. The van der Waals surface area contributed by atoms with Crippen LogP contribution in [0.5, 0.6) is 0 Å². The molecule has 1 saturated heterocycles. The Balaban J connectivity index is 0.00000180. The molecule has 1 unspecified atom stereocenters. The fraction of sp³-hybridized carbons (Fsp3) is 0.667. The first-order valence-corrected chi connectivity index (χ1v) is 7.16. The standard InChI is InChI=1S/C12H20N4OS.ClH/c13-11(17)4-3-9-2-1-5-16(7-9)8-10-6-15-12(14)18-10;/h6,9H,1-5,7-8H2,(H2,13,17)(H2,14,15);1H. The van der Waals surface area contributed by atoms with Gasteiger partial charge in [-0.05, 0) is 31.7 Å². The third kappa shape index (κ3) is 5.34. The second-order valence-electron chi connectivity index (χ2n) is 4.91. The minimum Gasteiger partial charge on any atom is -0.375 e. The van der Waals surface area contributed by atoms with E-state index in [1.807, 2.05) is 6.20 Å². The number of hydrogen-bond donors (Lipinski definition) is 2. The average molecular weight is 305 g/mol. The van der Waals surface area contributed by atoms with Crippen LogP contribution in [0.25, 0.3) is 0 Å². The molecule has 2 heterocycles. The highest BCUT2D eigenvalue weighted by Gasteiger charge is 2.20. The lowest BCUT2D eigenvalue weighted by molar-refractivity contribution is -0.118. The van der Waals surface area contributed by atoms with Crippen LogP contribution in [0.2, 0.25) is 0 Å². The maximum atomic E-state index is 10.8. The first-order valence-electron chi connectivity index (χ1n) is 6.34. The number of nitrogens with two attached hydrogens (primary N) is 2. The Morgan fingerprint density at radius 1 is 1.58 bits per heavy atom. The van der Waals surface area contributed by atoms with E-state index in [-0.39, 0.29) is 18.3 Å². The molecule has 0 aliphatic carbocycles. The number of nitrogen functional groups attached to an aromatic ring is 1. The second-order valence-corrected chi connectivity index (χ2v) is 6.06. The van der Waals surface area contributed by atoms with Crippen LogP contribution in [0.1, 0.15) is 30.6 Å². The Labute approximate surface area is 123 Å². The van der Waals surface area contributed by atoms with Gasteiger partial charge in [0.05, 0.1) is 0 Å². The molecule has 2 rings (SSSR count). The predicted octanol–water partition coefficient (Wildman–Crippen LogP) is 1.62. The summed E-state index contributed by atoms with van der Waals surface area (Å²) in [6, 6.07) is 0. The van der Waals surface area contributed by atoms with Gasteiger partial charge in [-0.3, -0.25) is 9.69 Å². The third-order valence-electron chi connectivity index (χ3n) is 3.35. The number of hydrogen-bond acceptors (Lipinski definition) is 5. The summed E-state index contributed by atoms with van der Waals surface area (Å²) in [5, 5.41) is 0.632. The zero-order valence-corrected chi connectivity index (χ0v) is 12.5. The molecule has 0 radical (unpaired) electrons. The van der Waals surface area contributed by atoms with E-state index >= 15 is 0 Å². The van der Waals surface area contributed by atoms with E-state index in [2.05, 4.69) is 9.88 Å². The van der Waals surface area contributed by atoms with Gasteiger partial charge in [0.2, 0.25) is 5.91 Å². The normalized spacial score (nSPS) is 19.9. The highest BCUT2D eigenvalue weighted by Crippen LogP contribution is 2.24. The molecule has 1 fully saturated rings. The minimum absolute atomic E-state index is 0. The van der Waals surface area contributed by atoms with E-state index < -0.39 is 0 Å². The largest absolute Gasteiger partial charge is 0.375 e. The number of piperidine rings is 1. The van der Waals surface area contributed by atoms with Gasteiger partial charge in [-0.1, -0.05) is 0 Å². The highest BCUT2D eigenvalue weighted by atomic mass is 35.5. The van der Waals surface area contributed by atoms with Gasteiger partial charge in [-0.25, -0.2) is 4.98 Å². The Hall–Kier alpha value is -0.850. The van der Waals surface area contributed by atoms with Gasteiger partial charge in [-0.2, -0.15) is 0 Å². The van der Waals surface area contributed by atoms with Crippen LogP contribution >= 0.6 is 23.7 Å². The Bertz CT molecular complexity index is 412. The summed E-state index contributed by atoms with van der Waals surface area (Å²) in [6.07, 6.45) is 5.67. The number of likely N-dealkylation sites (tertiary alicyclic amines) is 1. The number of anilines is 1. The molecule has 1 aliphatic rings. The molecule has 5 nitrogen and oxygen atoms in total. The first kappa shape index (κ1) is 16.2. The molecule has 1 atom stereocenters. The lowest BCUT2D eigenvalue weighted by atomic mass is 9.93. The number of nitrogens with zero attached hydrogens (tertiary/aromatic N) is 2. The van der Waals surface area contributed by atoms with Crippen molar-refractivity contribution in [3.63, 3.8) is 0 Å². The number of amides is 1. The number of thiazole rings is 1. The van der Waals surface area contributed by atoms with Gasteiger partial charge >= 0.3 is 0 Å². The summed E-state index contributed by atoms with van der Waals surface area (Å²) < 4.78 is 0. The summed E-state index contributed by atoms with van der Waals surface area (Å²) in [5.74, 6) is 0.402. The molecule has 0 spiro atoms. The third-order valence-corrected chi connectivity index (χ3v) is 4.16. The van der Waals surface area contributed by atoms with Crippen molar-refractivity contribution >= 4 is 34.8 Å². The molecule has 0 aromatic carbocycles. The van der Waals surface area contributed by atoms with Crippen molar-refractivity contribution in [3.05, 3.63) is 11.1 Å². The van der Waals surface area contributed by atoms with Crippen molar-refractivity contribution in [3.8, 4) is 0 Å². The molecular weight excluding hydrogens is 284 g/mol. The molecule has 0 saturated carbocycles. The number of halogens is 1. The lowest BCUT2D eigenvalue weighted by Gasteiger charge is -2.32. The highest BCUT2D eigenvalue weighted by molar-refractivity contribution is 7.15. The van der Waals surface area contributed by atoms with E-state index in [1.54, 1.807) is 11.3 Å². The van der Waals surface area contributed by atoms with Crippen molar-refractivity contribution < 1.29 is 4.79 Å². The van der Waals surface area contributed by atoms with Gasteiger partial charge in [0.1, 0.15) is 0 Å². The SMILES string of the molecule is Cl.NC(=O)CCC1CCCN(Cc2cnc(N)s2)C1. The van der Waals surface area contributed by atoms with Crippen molar-refractivity contribution in [1.29, 1.82) is 0 Å². The second kappa shape index (κ2) is 7.67. The van der Waals surface area contributed by atoms with Crippen molar-refractivity contribution in [2.45, 2.75) is 32.2 Å². The molecule has 4 N–H and O–H groups in total. The number of aromatic nitrogens is 1. The molecule has 19 heavy (non-hydrogen) atoms. The van der Waals surface area contributed by atoms with Crippen LogP contribution in [-0.2, 0) is 11.3 Å². The zero-order chi connectivity index (χ0) is 13.0. The van der Waals surface area contributed by atoms with Gasteiger partial charge in [0, 0.05) is 30.6 Å². The zero-order valence-electron chi connectivity index (χ0n) is 10.9. The summed E-state index contributed by atoms with van der Waals surface area (Å²) >= 11 is 1.55. The van der Waals surface area contributed by atoms with Crippen molar-refractivity contribution in [1.82, 2.24) is 9.88 Å². The Morgan fingerprint density at radius 2 is 2.37 bits per heavy atom. The summed E-state index contributed by atoms with van der Waals surface area (Å²) in [5.41, 5.74) is 10.8. The van der Waals surface area contributed by atoms with E-state index in [0.717, 1.165) is 26.1 Å². The molecular formula is C12H21ClN4OS. The van der Waals surface area contributed by atoms with Crippen LogP contribution in [0.3, 0.4) is 0 Å². The van der Waals surface area contributed by atoms with Crippen LogP contribution < -0.4 is 11.5 Å². The van der Waals surface area contributed by atoms with Gasteiger partial charge in [0.15, 0.2) is 5.13 Å². The molecule has 108 valence electrons. The summed E-state index contributed by atoms with van der Waals surface area (Å²) in [4.78, 5) is 18.5. The van der Waals surface area contributed by atoms with Gasteiger partial charge in [-0.15, -0.1) is 23.7 Å². The van der Waals surface area contributed by atoms with Crippen LogP contribution in [0.4, 0.5) is 5.13 Å². The molecule has 0 bridgehead atoms. The summed E-state index contributed by atoms with van der Waals surface area (Å²) in [6.45, 7) is 3.08. The fourth-order valence-electron chi connectivity index (χ4n) is 2.49. The molecule has 1 amide bonds. The number of carbonyl (C=O) groups is 1. The van der Waals surface area contributed by atoms with Crippen molar-refractivity contribution in [2.24, 2.45) is 11.7 Å².